The number of carbonyl (C=O) groups excluding carboxylic acids is 1. The highest BCUT2D eigenvalue weighted by atomic mass is 35.5. The SMILES string of the molecule is O=C(CCl)N1c2cc(Cc3ccc(F)cc3)cnc2OCC1C1CC1. The van der Waals surface area contributed by atoms with Crippen LogP contribution in [0.4, 0.5) is 10.1 Å². The second-order valence-electron chi connectivity index (χ2n) is 6.58. The molecule has 0 radical (unpaired) electrons. The molecular weight excluding hydrogens is 343 g/mol. The molecule has 1 aliphatic carbocycles. The number of rotatable bonds is 4. The Labute approximate surface area is 150 Å². The van der Waals surface area contributed by atoms with Crippen LogP contribution in [0.25, 0.3) is 0 Å². The van der Waals surface area contributed by atoms with Gasteiger partial charge in [0, 0.05) is 6.20 Å². The van der Waals surface area contributed by atoms with Gasteiger partial charge in [-0.2, -0.15) is 0 Å². The molecule has 130 valence electrons. The largest absolute Gasteiger partial charge is 0.474 e. The maximum atomic E-state index is 13.1. The van der Waals surface area contributed by atoms with Crippen LogP contribution < -0.4 is 9.64 Å². The molecule has 0 bridgehead atoms. The Bertz CT molecular complexity index is 793. The van der Waals surface area contributed by atoms with Gasteiger partial charge in [-0.15, -0.1) is 11.6 Å². The van der Waals surface area contributed by atoms with E-state index in [1.165, 1.54) is 12.1 Å². The number of alkyl halides is 1. The van der Waals surface area contributed by atoms with Crippen molar-refractivity contribution in [3.05, 3.63) is 53.5 Å². The van der Waals surface area contributed by atoms with Crippen LogP contribution in [0.5, 0.6) is 5.88 Å². The minimum atomic E-state index is -0.258. The fraction of sp³-hybridized carbons (Fsp3) is 0.368. The Morgan fingerprint density at radius 2 is 2.04 bits per heavy atom. The Morgan fingerprint density at radius 3 is 2.72 bits per heavy atom. The van der Waals surface area contributed by atoms with E-state index in [1.54, 1.807) is 23.2 Å². The average molecular weight is 361 g/mol. The summed E-state index contributed by atoms with van der Waals surface area (Å²) in [5.41, 5.74) is 2.61. The van der Waals surface area contributed by atoms with Gasteiger partial charge in [0.2, 0.25) is 11.8 Å². The number of ether oxygens (including phenoxy) is 1. The van der Waals surface area contributed by atoms with Gasteiger partial charge in [-0.05, 0) is 54.5 Å². The summed E-state index contributed by atoms with van der Waals surface area (Å²) in [6.07, 6.45) is 4.57. The Hall–Kier alpha value is -2.14. The van der Waals surface area contributed by atoms with E-state index >= 15 is 0 Å². The van der Waals surface area contributed by atoms with Crippen molar-refractivity contribution in [1.82, 2.24) is 4.98 Å². The maximum absolute atomic E-state index is 13.1. The fourth-order valence-corrected chi connectivity index (χ4v) is 3.46. The Balaban J connectivity index is 1.66. The van der Waals surface area contributed by atoms with Crippen molar-refractivity contribution < 1.29 is 13.9 Å². The van der Waals surface area contributed by atoms with Crippen LogP contribution in [0, 0.1) is 11.7 Å². The number of aromatic nitrogens is 1. The smallest absolute Gasteiger partial charge is 0.242 e. The maximum Gasteiger partial charge on any atom is 0.242 e. The van der Waals surface area contributed by atoms with Crippen molar-refractivity contribution in [2.75, 3.05) is 17.4 Å². The molecule has 4 rings (SSSR count). The first-order chi connectivity index (χ1) is 12.2. The van der Waals surface area contributed by atoms with Crippen LogP contribution in [0.2, 0.25) is 0 Å². The number of pyridine rings is 1. The zero-order valence-corrected chi connectivity index (χ0v) is 14.4. The van der Waals surface area contributed by atoms with Gasteiger partial charge < -0.3 is 4.74 Å². The van der Waals surface area contributed by atoms with Crippen LogP contribution >= 0.6 is 11.6 Å². The van der Waals surface area contributed by atoms with Gasteiger partial charge in [-0.3, -0.25) is 9.69 Å². The predicted octanol–water partition coefficient (Wildman–Crippen LogP) is 3.55. The van der Waals surface area contributed by atoms with Crippen LogP contribution in [0.1, 0.15) is 24.0 Å². The number of nitrogens with zero attached hydrogens (tertiary/aromatic N) is 2. The molecular formula is C19H18ClFN2O2. The van der Waals surface area contributed by atoms with E-state index in [2.05, 4.69) is 4.98 Å². The number of anilines is 1. The summed E-state index contributed by atoms with van der Waals surface area (Å²) in [7, 11) is 0. The van der Waals surface area contributed by atoms with E-state index in [0.29, 0.717) is 30.5 Å². The van der Waals surface area contributed by atoms with Crippen molar-refractivity contribution in [3.8, 4) is 5.88 Å². The third-order valence-corrected chi connectivity index (χ3v) is 4.97. The number of halogens is 2. The first-order valence-corrected chi connectivity index (χ1v) is 8.93. The lowest BCUT2D eigenvalue weighted by Crippen LogP contribution is -2.49. The molecule has 1 atom stereocenters. The van der Waals surface area contributed by atoms with Gasteiger partial charge >= 0.3 is 0 Å². The van der Waals surface area contributed by atoms with E-state index < -0.39 is 0 Å². The number of hydrogen-bond donors (Lipinski definition) is 0. The highest BCUT2D eigenvalue weighted by molar-refractivity contribution is 6.29. The van der Waals surface area contributed by atoms with Gasteiger partial charge in [0.1, 0.15) is 24.0 Å². The highest BCUT2D eigenvalue weighted by Crippen LogP contribution is 2.42. The molecule has 6 heteroatoms. The summed E-state index contributed by atoms with van der Waals surface area (Å²) in [5, 5.41) is 0. The lowest BCUT2D eigenvalue weighted by atomic mass is 10.0. The van der Waals surface area contributed by atoms with E-state index in [0.717, 1.165) is 24.0 Å². The third kappa shape index (κ3) is 3.33. The quantitative estimate of drug-likeness (QED) is 0.783. The molecule has 0 spiro atoms. The summed E-state index contributed by atoms with van der Waals surface area (Å²) in [5.74, 6) is 0.500. The van der Waals surface area contributed by atoms with Gasteiger partial charge in [0.25, 0.3) is 0 Å². The fourth-order valence-electron chi connectivity index (χ4n) is 3.33. The first kappa shape index (κ1) is 16.3. The number of fused-ring (bicyclic) bond motifs is 1. The van der Waals surface area contributed by atoms with E-state index in [-0.39, 0.29) is 23.6 Å². The molecule has 0 N–H and O–H groups in total. The molecule has 2 aliphatic rings. The first-order valence-electron chi connectivity index (χ1n) is 8.40. The lowest BCUT2D eigenvalue weighted by molar-refractivity contribution is -0.117. The summed E-state index contributed by atoms with van der Waals surface area (Å²) in [6.45, 7) is 0.463. The minimum absolute atomic E-state index is 0.0293. The van der Waals surface area contributed by atoms with E-state index in [1.807, 2.05) is 6.07 Å². The van der Waals surface area contributed by atoms with Gasteiger partial charge in [-0.1, -0.05) is 12.1 Å². The molecule has 4 nitrogen and oxygen atoms in total. The molecule has 1 amide bonds. The number of benzene rings is 1. The van der Waals surface area contributed by atoms with Crippen molar-refractivity contribution in [2.45, 2.75) is 25.3 Å². The molecule has 25 heavy (non-hydrogen) atoms. The number of carbonyl (C=O) groups is 1. The monoisotopic (exact) mass is 360 g/mol. The van der Waals surface area contributed by atoms with Crippen LogP contribution in [0.15, 0.2) is 36.5 Å². The molecule has 2 heterocycles. The summed E-state index contributed by atoms with van der Waals surface area (Å²) in [6, 6.07) is 8.35. The molecule has 1 fully saturated rings. The van der Waals surface area contributed by atoms with Crippen molar-refractivity contribution in [2.24, 2.45) is 5.92 Å². The molecule has 1 unspecified atom stereocenters. The Morgan fingerprint density at radius 1 is 1.28 bits per heavy atom. The summed E-state index contributed by atoms with van der Waals surface area (Å²) < 4.78 is 18.9. The second-order valence-corrected chi connectivity index (χ2v) is 6.85. The van der Waals surface area contributed by atoms with Crippen molar-refractivity contribution in [1.29, 1.82) is 0 Å². The zero-order valence-electron chi connectivity index (χ0n) is 13.6. The van der Waals surface area contributed by atoms with Gasteiger partial charge in [0.05, 0.1) is 6.04 Å². The molecule has 2 aromatic rings. The van der Waals surface area contributed by atoms with Crippen LogP contribution in [0.3, 0.4) is 0 Å². The van der Waals surface area contributed by atoms with Gasteiger partial charge in [-0.25, -0.2) is 9.37 Å². The van der Waals surface area contributed by atoms with Crippen molar-refractivity contribution in [3.63, 3.8) is 0 Å². The Kier molecular flexibility index (Phi) is 4.34. The average Bonchev–Trinajstić information content (AvgIpc) is 3.47. The number of hydrogen-bond acceptors (Lipinski definition) is 3. The normalized spacial score (nSPS) is 19.3. The molecule has 1 aromatic carbocycles. The molecule has 1 aromatic heterocycles. The highest BCUT2D eigenvalue weighted by Gasteiger charge is 2.42. The van der Waals surface area contributed by atoms with Crippen LogP contribution in [-0.4, -0.2) is 29.4 Å². The minimum Gasteiger partial charge on any atom is -0.474 e. The number of amides is 1. The second kappa shape index (κ2) is 6.64. The molecule has 0 saturated heterocycles. The third-order valence-electron chi connectivity index (χ3n) is 4.74. The van der Waals surface area contributed by atoms with Gasteiger partial charge in [0.15, 0.2) is 0 Å². The standard InChI is InChI=1S/C19H18ClFN2O2/c20-9-18(24)23-16-8-13(7-12-1-5-15(21)6-2-12)10-22-19(16)25-11-17(23)14-3-4-14/h1-2,5-6,8,10,14,17H,3-4,7,9,11H2. The summed E-state index contributed by atoms with van der Waals surface area (Å²) in [4.78, 5) is 18.6. The summed E-state index contributed by atoms with van der Waals surface area (Å²) >= 11 is 5.84. The molecule has 1 saturated carbocycles. The molecule has 1 aliphatic heterocycles. The predicted molar refractivity (Wildman–Crippen MR) is 93.7 cm³/mol. The zero-order chi connectivity index (χ0) is 17.4. The van der Waals surface area contributed by atoms with Crippen molar-refractivity contribution >= 4 is 23.2 Å². The van der Waals surface area contributed by atoms with E-state index in [4.69, 9.17) is 16.3 Å². The van der Waals surface area contributed by atoms with E-state index in [9.17, 15) is 9.18 Å². The lowest BCUT2D eigenvalue weighted by Gasteiger charge is -2.36. The topological polar surface area (TPSA) is 42.4 Å². The van der Waals surface area contributed by atoms with Crippen LogP contribution in [-0.2, 0) is 11.2 Å².